The molecule has 0 radical (unpaired) electrons. The number of nitrogens with one attached hydrogen (secondary N) is 3. The number of fused-ring (bicyclic) bond motifs is 2. The van der Waals surface area contributed by atoms with Crippen LogP contribution in [0.3, 0.4) is 0 Å². The summed E-state index contributed by atoms with van der Waals surface area (Å²) in [7, 11) is 1.84. The molecule has 3 atom stereocenters. The van der Waals surface area contributed by atoms with Crippen molar-refractivity contribution in [3.05, 3.63) is 33.3 Å². The highest BCUT2D eigenvalue weighted by Crippen LogP contribution is 2.49. The van der Waals surface area contributed by atoms with Gasteiger partial charge in [-0.15, -0.1) is 16.9 Å². The van der Waals surface area contributed by atoms with E-state index in [0.717, 1.165) is 11.8 Å². The van der Waals surface area contributed by atoms with Crippen molar-refractivity contribution in [1.82, 2.24) is 21.3 Å². The minimum absolute atomic E-state index is 0.0137. The van der Waals surface area contributed by atoms with Crippen LogP contribution in [0.2, 0.25) is 0 Å². The Balaban J connectivity index is 1.74. The summed E-state index contributed by atoms with van der Waals surface area (Å²) < 4.78 is 45.6. The zero-order valence-electron chi connectivity index (χ0n) is 14.2. The van der Waals surface area contributed by atoms with E-state index in [1.807, 2.05) is 20.2 Å². The molecular formula is C16H19F3N4O2S. The molecule has 0 saturated carbocycles. The van der Waals surface area contributed by atoms with E-state index >= 15 is 0 Å². The van der Waals surface area contributed by atoms with Gasteiger partial charge in [-0.1, -0.05) is 0 Å². The van der Waals surface area contributed by atoms with Crippen molar-refractivity contribution in [2.75, 3.05) is 13.7 Å². The molecule has 0 amide bonds. The summed E-state index contributed by atoms with van der Waals surface area (Å²) in [5, 5.41) is 5.21. The number of rotatable bonds is 1. The fourth-order valence-electron chi connectivity index (χ4n) is 3.90. The molecule has 26 heavy (non-hydrogen) atoms. The number of alkyl halides is 3. The number of ether oxygens (including phenoxy) is 1. The number of ketones is 1. The van der Waals surface area contributed by atoms with Gasteiger partial charge in [-0.25, -0.2) is 0 Å². The molecule has 3 aliphatic heterocycles. The molecule has 1 spiro atoms. The number of nitrogens with zero attached hydrogens (tertiary/aromatic N) is 1. The molecular weight excluding hydrogens is 369 g/mol. The fourth-order valence-corrected chi connectivity index (χ4v) is 5.10. The van der Waals surface area contributed by atoms with Gasteiger partial charge in [0.2, 0.25) is 0 Å². The van der Waals surface area contributed by atoms with Crippen LogP contribution in [0, 0.1) is 0 Å². The van der Waals surface area contributed by atoms with Gasteiger partial charge < -0.3 is 15.5 Å². The van der Waals surface area contributed by atoms with Gasteiger partial charge in [0.15, 0.2) is 5.78 Å². The maximum atomic E-state index is 13.2. The van der Waals surface area contributed by atoms with E-state index in [1.165, 1.54) is 0 Å². The molecule has 0 bridgehead atoms. The second-order valence-corrected chi connectivity index (χ2v) is 8.07. The van der Waals surface area contributed by atoms with E-state index in [2.05, 4.69) is 16.3 Å². The minimum Gasteiger partial charge on any atom is -0.361 e. The molecule has 3 aliphatic rings. The summed E-state index contributed by atoms with van der Waals surface area (Å²) in [5.74, 6) is -0.389. The van der Waals surface area contributed by atoms with Gasteiger partial charge in [-0.05, 0) is 19.4 Å². The predicted octanol–water partition coefficient (Wildman–Crippen LogP) is 2.11. The second-order valence-electron chi connectivity index (χ2n) is 7.02. The standard InChI is InChI=1S/C16H19F3N4O2S/c1-8-4-15(5-10(20-8)11-6-23(2)22-21-11)14-9(12(24)7-25-15)3-13(26-14)16(17,18)19/h3,6,8,10,20-22H,4-5,7H2,1-2H3/t8-,10-,15-/m0/s1. The van der Waals surface area contributed by atoms with Crippen LogP contribution < -0.4 is 16.3 Å². The molecule has 0 aromatic carbocycles. The lowest BCUT2D eigenvalue weighted by atomic mass is 9.79. The second kappa shape index (κ2) is 5.95. The number of Topliss-reactive ketones (excluding diaryl/α,β-unsaturated/α-hetero) is 1. The first-order chi connectivity index (χ1) is 12.2. The van der Waals surface area contributed by atoms with Gasteiger partial charge >= 0.3 is 6.18 Å². The number of thiophene rings is 1. The molecule has 1 aromatic heterocycles. The largest absolute Gasteiger partial charge is 0.425 e. The van der Waals surface area contributed by atoms with E-state index < -0.39 is 16.7 Å². The van der Waals surface area contributed by atoms with Crippen molar-refractivity contribution in [3.8, 4) is 0 Å². The number of carbonyl (C=O) groups excluding carboxylic acids is 1. The summed E-state index contributed by atoms with van der Waals surface area (Å²) in [6.45, 7) is 1.78. The average molecular weight is 388 g/mol. The molecule has 1 aromatic rings. The van der Waals surface area contributed by atoms with Gasteiger partial charge in [-0.3, -0.25) is 9.80 Å². The summed E-state index contributed by atoms with van der Waals surface area (Å²) in [6.07, 6.45) is -1.63. The molecule has 0 unspecified atom stereocenters. The smallest absolute Gasteiger partial charge is 0.361 e. The predicted molar refractivity (Wildman–Crippen MR) is 89.0 cm³/mol. The molecule has 10 heteroatoms. The lowest BCUT2D eigenvalue weighted by Crippen LogP contribution is -2.55. The van der Waals surface area contributed by atoms with E-state index in [-0.39, 0.29) is 30.0 Å². The van der Waals surface area contributed by atoms with Crippen LogP contribution in [-0.4, -0.2) is 36.5 Å². The van der Waals surface area contributed by atoms with Crippen LogP contribution >= 0.6 is 11.3 Å². The Morgan fingerprint density at radius 1 is 1.38 bits per heavy atom. The first-order valence-electron chi connectivity index (χ1n) is 8.29. The lowest BCUT2D eigenvalue weighted by molar-refractivity contribution is -0.134. The number of hydrazine groups is 2. The highest BCUT2D eigenvalue weighted by atomic mass is 32.1. The third kappa shape index (κ3) is 2.90. The SMILES string of the molecule is C[C@H]1C[C@@]2(C[C@@H](C3=CN(C)NN3)N1)OCC(=O)c1cc(C(F)(F)F)sc12. The monoisotopic (exact) mass is 388 g/mol. The maximum Gasteiger partial charge on any atom is 0.425 e. The summed E-state index contributed by atoms with van der Waals surface area (Å²) in [4.78, 5) is 11.8. The molecule has 142 valence electrons. The first-order valence-corrected chi connectivity index (χ1v) is 9.10. The van der Waals surface area contributed by atoms with Crippen molar-refractivity contribution in [2.24, 2.45) is 0 Å². The maximum absolute atomic E-state index is 13.2. The van der Waals surface area contributed by atoms with Crippen molar-refractivity contribution >= 4 is 17.1 Å². The number of hydrogen-bond donors (Lipinski definition) is 3. The summed E-state index contributed by atoms with van der Waals surface area (Å²) in [5.41, 5.74) is 6.14. The van der Waals surface area contributed by atoms with Gasteiger partial charge in [0.1, 0.15) is 17.1 Å². The molecule has 1 fully saturated rings. The fraction of sp³-hybridized carbons (Fsp3) is 0.562. The van der Waals surface area contributed by atoms with Crippen molar-refractivity contribution < 1.29 is 22.7 Å². The molecule has 4 rings (SSSR count). The molecule has 6 nitrogen and oxygen atoms in total. The van der Waals surface area contributed by atoms with Crippen LogP contribution in [-0.2, 0) is 16.5 Å². The Kier molecular flexibility index (Phi) is 4.07. The van der Waals surface area contributed by atoms with Gasteiger partial charge in [0.05, 0.1) is 11.7 Å². The van der Waals surface area contributed by atoms with E-state index in [4.69, 9.17) is 4.74 Å². The minimum atomic E-state index is -4.47. The zero-order valence-corrected chi connectivity index (χ0v) is 15.1. The first kappa shape index (κ1) is 17.8. The van der Waals surface area contributed by atoms with Crippen LogP contribution in [0.15, 0.2) is 18.0 Å². The van der Waals surface area contributed by atoms with Gasteiger partial charge in [0, 0.05) is 36.2 Å². The summed E-state index contributed by atoms with van der Waals surface area (Å²) >= 11 is 0.634. The third-order valence-electron chi connectivity index (χ3n) is 4.95. The molecule has 0 aliphatic carbocycles. The Hall–Kier alpha value is -1.62. The van der Waals surface area contributed by atoms with Crippen LogP contribution in [0.1, 0.15) is 39.9 Å². The zero-order chi connectivity index (χ0) is 18.7. The van der Waals surface area contributed by atoms with Crippen LogP contribution in [0.25, 0.3) is 0 Å². The Bertz CT molecular complexity index is 778. The Labute approximate surface area is 152 Å². The Morgan fingerprint density at radius 2 is 2.15 bits per heavy atom. The van der Waals surface area contributed by atoms with Gasteiger partial charge in [0.25, 0.3) is 0 Å². The number of piperidine rings is 1. The Morgan fingerprint density at radius 3 is 2.81 bits per heavy atom. The third-order valence-corrected chi connectivity index (χ3v) is 6.31. The highest BCUT2D eigenvalue weighted by molar-refractivity contribution is 7.12. The van der Waals surface area contributed by atoms with E-state index in [1.54, 1.807) is 5.01 Å². The van der Waals surface area contributed by atoms with Crippen LogP contribution in [0.4, 0.5) is 13.2 Å². The number of halogens is 3. The lowest BCUT2D eigenvalue weighted by Gasteiger charge is -2.45. The normalized spacial score (nSPS) is 31.8. The van der Waals surface area contributed by atoms with Crippen LogP contribution in [0.5, 0.6) is 0 Å². The molecule has 1 saturated heterocycles. The van der Waals surface area contributed by atoms with Crippen molar-refractivity contribution in [2.45, 2.75) is 43.6 Å². The van der Waals surface area contributed by atoms with Crippen molar-refractivity contribution in [1.29, 1.82) is 0 Å². The highest BCUT2D eigenvalue weighted by Gasteiger charge is 2.50. The summed E-state index contributed by atoms with van der Waals surface area (Å²) in [6, 6.07) is 0.866. The van der Waals surface area contributed by atoms with E-state index in [9.17, 15) is 18.0 Å². The topological polar surface area (TPSA) is 65.6 Å². The van der Waals surface area contributed by atoms with Gasteiger partial charge in [-0.2, -0.15) is 13.2 Å². The molecule has 3 N–H and O–H groups in total. The van der Waals surface area contributed by atoms with E-state index in [0.29, 0.717) is 29.1 Å². The number of hydrogen-bond acceptors (Lipinski definition) is 7. The average Bonchev–Trinajstić information content (AvgIpc) is 3.18. The van der Waals surface area contributed by atoms with Crippen molar-refractivity contribution in [3.63, 3.8) is 0 Å². The quantitative estimate of drug-likeness (QED) is 0.685. The molecule has 4 heterocycles. The number of carbonyl (C=O) groups is 1.